The van der Waals surface area contributed by atoms with E-state index >= 15 is 0 Å². The van der Waals surface area contributed by atoms with Gasteiger partial charge in [-0.3, -0.25) is 14.4 Å². The Bertz CT molecular complexity index is 615. The molecule has 1 fully saturated rings. The fraction of sp³-hybridized carbons (Fsp3) is 0.789. The monoisotopic (exact) mass is 430 g/mol. The van der Waals surface area contributed by atoms with E-state index in [1.165, 1.54) is 4.90 Å². The van der Waals surface area contributed by atoms with Crippen molar-refractivity contribution in [1.29, 1.82) is 0 Å². The van der Waals surface area contributed by atoms with Gasteiger partial charge in [0.25, 0.3) is 0 Å². The molecule has 0 bridgehead atoms. The number of rotatable bonds is 10. The normalized spacial score (nSPS) is 20.7. The Labute approximate surface area is 177 Å². The van der Waals surface area contributed by atoms with Gasteiger partial charge in [0, 0.05) is 12.3 Å². The maximum Gasteiger partial charge on any atom is 0.326 e. The molecule has 29 heavy (non-hydrogen) atoms. The highest BCUT2D eigenvalue weighted by molar-refractivity contribution is 7.80. The molecule has 5 N–H and O–H groups in total. The van der Waals surface area contributed by atoms with Crippen LogP contribution in [0.1, 0.15) is 47.0 Å². The molecule has 1 rings (SSSR count). The average Bonchev–Trinajstić information content (AvgIpc) is 3.17. The number of thiol groups is 1. The fourth-order valence-electron chi connectivity index (χ4n) is 3.22. The number of nitrogens with one attached hydrogen (secondary N) is 2. The molecule has 0 aromatic carbocycles. The third-order valence-corrected chi connectivity index (χ3v) is 5.79. The molecule has 0 aliphatic carbocycles. The number of nitrogens with two attached hydrogens (primary N) is 1. The number of carboxylic acid groups (broad SMARTS) is 1. The summed E-state index contributed by atoms with van der Waals surface area (Å²) in [6.45, 7) is 7.63. The molecule has 10 heteroatoms. The van der Waals surface area contributed by atoms with E-state index in [1.54, 1.807) is 13.8 Å². The maximum absolute atomic E-state index is 12.8. The number of nitrogens with zero attached hydrogens (tertiary/aromatic N) is 1. The Morgan fingerprint density at radius 3 is 2.31 bits per heavy atom. The number of aliphatic carboxylic acids is 1. The van der Waals surface area contributed by atoms with Crippen LogP contribution in [0, 0.1) is 11.8 Å². The lowest BCUT2D eigenvalue weighted by atomic mass is 9.98. The van der Waals surface area contributed by atoms with Gasteiger partial charge in [0.05, 0.1) is 6.04 Å². The molecular weight excluding hydrogens is 396 g/mol. The van der Waals surface area contributed by atoms with Crippen molar-refractivity contribution in [2.24, 2.45) is 17.6 Å². The zero-order valence-corrected chi connectivity index (χ0v) is 18.4. The van der Waals surface area contributed by atoms with Crippen LogP contribution in [0.5, 0.6) is 0 Å². The first-order valence-corrected chi connectivity index (χ1v) is 10.7. The van der Waals surface area contributed by atoms with Crippen LogP contribution < -0.4 is 16.4 Å². The van der Waals surface area contributed by atoms with Crippen molar-refractivity contribution in [2.45, 2.75) is 71.1 Å². The quantitative estimate of drug-likeness (QED) is 0.309. The lowest BCUT2D eigenvalue weighted by Gasteiger charge is -2.30. The molecule has 1 aliphatic heterocycles. The van der Waals surface area contributed by atoms with Crippen molar-refractivity contribution in [2.75, 3.05) is 12.3 Å². The lowest BCUT2D eigenvalue weighted by molar-refractivity contribution is -0.144. The van der Waals surface area contributed by atoms with Gasteiger partial charge in [-0.2, -0.15) is 12.6 Å². The molecule has 5 unspecified atom stereocenters. The second-order valence-electron chi connectivity index (χ2n) is 7.91. The summed E-state index contributed by atoms with van der Waals surface area (Å²) >= 11 is 4.11. The third-order valence-electron chi connectivity index (χ3n) is 5.43. The first-order chi connectivity index (χ1) is 13.5. The van der Waals surface area contributed by atoms with Gasteiger partial charge in [-0.25, -0.2) is 4.79 Å². The smallest absolute Gasteiger partial charge is 0.326 e. The SMILES string of the molecule is CCC(C)C(N)C(=O)N1CCCC1C(=O)NC(CS)C(=O)NC(C(=O)O)C(C)C. The van der Waals surface area contributed by atoms with Gasteiger partial charge >= 0.3 is 5.97 Å². The molecule has 1 aliphatic rings. The zero-order chi connectivity index (χ0) is 22.3. The van der Waals surface area contributed by atoms with E-state index in [2.05, 4.69) is 23.3 Å². The van der Waals surface area contributed by atoms with Gasteiger partial charge in [0.1, 0.15) is 18.1 Å². The Morgan fingerprint density at radius 2 is 1.83 bits per heavy atom. The number of likely N-dealkylation sites (tertiary alicyclic amines) is 1. The van der Waals surface area contributed by atoms with Crippen molar-refractivity contribution >= 4 is 36.3 Å². The summed E-state index contributed by atoms with van der Waals surface area (Å²) in [6.07, 6.45) is 1.90. The minimum atomic E-state index is -1.15. The largest absolute Gasteiger partial charge is 0.480 e. The van der Waals surface area contributed by atoms with Crippen molar-refractivity contribution in [1.82, 2.24) is 15.5 Å². The molecule has 0 saturated carbocycles. The number of carbonyl (C=O) groups is 4. The van der Waals surface area contributed by atoms with Crippen LogP contribution in [-0.4, -0.2) is 70.2 Å². The number of hydrogen-bond donors (Lipinski definition) is 5. The minimum Gasteiger partial charge on any atom is -0.480 e. The van der Waals surface area contributed by atoms with Crippen molar-refractivity contribution in [3.63, 3.8) is 0 Å². The van der Waals surface area contributed by atoms with E-state index < -0.39 is 42.0 Å². The van der Waals surface area contributed by atoms with Crippen LogP contribution in [0.4, 0.5) is 0 Å². The standard InChI is InChI=1S/C19H34N4O5S/c1-5-11(4)14(20)18(26)23-8-6-7-13(23)17(25)21-12(9-29)16(24)22-15(10(2)3)19(27)28/h10-15,29H,5-9,20H2,1-4H3,(H,21,25)(H,22,24)(H,27,28). The maximum atomic E-state index is 12.8. The van der Waals surface area contributed by atoms with Crippen LogP contribution in [0.2, 0.25) is 0 Å². The number of carboxylic acids is 1. The van der Waals surface area contributed by atoms with E-state index in [0.29, 0.717) is 19.4 Å². The molecule has 0 radical (unpaired) electrons. The number of carbonyl (C=O) groups excluding carboxylic acids is 3. The fourth-order valence-corrected chi connectivity index (χ4v) is 3.48. The first kappa shape index (κ1) is 25.2. The van der Waals surface area contributed by atoms with Crippen LogP contribution >= 0.6 is 12.6 Å². The Morgan fingerprint density at radius 1 is 1.21 bits per heavy atom. The van der Waals surface area contributed by atoms with Crippen molar-refractivity contribution in [3.8, 4) is 0 Å². The second kappa shape index (κ2) is 11.4. The topological polar surface area (TPSA) is 142 Å². The number of hydrogen-bond acceptors (Lipinski definition) is 6. The van der Waals surface area contributed by atoms with Gasteiger partial charge in [-0.05, 0) is 24.7 Å². The molecule has 0 aromatic rings. The molecule has 1 saturated heterocycles. The van der Waals surface area contributed by atoms with Gasteiger partial charge in [-0.1, -0.05) is 34.1 Å². The van der Waals surface area contributed by atoms with Crippen LogP contribution in [0.3, 0.4) is 0 Å². The van der Waals surface area contributed by atoms with E-state index in [-0.39, 0.29) is 23.5 Å². The van der Waals surface area contributed by atoms with Gasteiger partial charge in [0.2, 0.25) is 17.7 Å². The molecule has 1 heterocycles. The molecule has 0 aromatic heterocycles. The van der Waals surface area contributed by atoms with Crippen molar-refractivity contribution < 1.29 is 24.3 Å². The lowest BCUT2D eigenvalue weighted by Crippen LogP contribution is -2.58. The van der Waals surface area contributed by atoms with Crippen LogP contribution in [-0.2, 0) is 19.2 Å². The summed E-state index contributed by atoms with van der Waals surface area (Å²) in [6, 6.07) is -3.46. The second-order valence-corrected chi connectivity index (χ2v) is 8.28. The van der Waals surface area contributed by atoms with E-state index in [4.69, 9.17) is 5.73 Å². The molecule has 9 nitrogen and oxygen atoms in total. The average molecular weight is 431 g/mol. The molecule has 3 amide bonds. The molecular formula is C19H34N4O5S. The minimum absolute atomic E-state index is 0.00490. The van der Waals surface area contributed by atoms with E-state index in [1.807, 2.05) is 13.8 Å². The van der Waals surface area contributed by atoms with E-state index in [0.717, 1.165) is 6.42 Å². The first-order valence-electron chi connectivity index (χ1n) is 10.1. The highest BCUT2D eigenvalue weighted by atomic mass is 32.1. The Hall–Kier alpha value is -1.81. The summed E-state index contributed by atoms with van der Waals surface area (Å²) in [7, 11) is 0. The predicted octanol–water partition coefficient (Wildman–Crippen LogP) is -0.00920. The Balaban J connectivity index is 2.81. The van der Waals surface area contributed by atoms with Gasteiger partial charge < -0.3 is 26.4 Å². The summed E-state index contributed by atoms with van der Waals surface area (Å²) in [5.41, 5.74) is 6.05. The number of amides is 3. The van der Waals surface area contributed by atoms with Crippen LogP contribution in [0.25, 0.3) is 0 Å². The van der Waals surface area contributed by atoms with Gasteiger partial charge in [0.15, 0.2) is 0 Å². The zero-order valence-electron chi connectivity index (χ0n) is 17.6. The van der Waals surface area contributed by atoms with Crippen molar-refractivity contribution in [3.05, 3.63) is 0 Å². The van der Waals surface area contributed by atoms with Crippen LogP contribution in [0.15, 0.2) is 0 Å². The Kier molecular flexibility index (Phi) is 9.91. The molecule has 5 atom stereocenters. The summed E-state index contributed by atoms with van der Waals surface area (Å²) in [4.78, 5) is 50.7. The van der Waals surface area contributed by atoms with Gasteiger partial charge in [-0.15, -0.1) is 0 Å². The highest BCUT2D eigenvalue weighted by Gasteiger charge is 2.38. The molecule has 166 valence electrons. The summed E-state index contributed by atoms with van der Waals surface area (Å²) in [5, 5.41) is 14.3. The van der Waals surface area contributed by atoms with E-state index in [9.17, 15) is 24.3 Å². The summed E-state index contributed by atoms with van der Waals surface area (Å²) in [5.74, 6) is -2.84. The highest BCUT2D eigenvalue weighted by Crippen LogP contribution is 2.20. The predicted molar refractivity (Wildman–Crippen MR) is 112 cm³/mol. The summed E-state index contributed by atoms with van der Waals surface area (Å²) < 4.78 is 0. The molecule has 0 spiro atoms. The third kappa shape index (κ3) is 6.60.